The summed E-state index contributed by atoms with van der Waals surface area (Å²) in [6.45, 7) is 3.51. The van der Waals surface area contributed by atoms with Crippen molar-refractivity contribution in [2.45, 2.75) is 55.4 Å². The molecule has 204 valence electrons. The minimum absolute atomic E-state index is 0.195. The van der Waals surface area contributed by atoms with Gasteiger partial charge in [0.2, 0.25) is 21.7 Å². The van der Waals surface area contributed by atoms with Gasteiger partial charge in [0.25, 0.3) is 5.56 Å². The second-order valence-corrected chi connectivity index (χ2v) is 11.8. The zero-order chi connectivity index (χ0) is 28.6. The molecule has 0 unspecified atom stereocenters. The summed E-state index contributed by atoms with van der Waals surface area (Å²) >= 11 is 0. The number of rotatable bonds is 8. The van der Waals surface area contributed by atoms with Crippen LogP contribution >= 0.6 is 0 Å². The van der Waals surface area contributed by atoms with E-state index in [1.54, 1.807) is 49.4 Å². The molecule has 4 aromatic rings. The summed E-state index contributed by atoms with van der Waals surface area (Å²) in [6.07, 6.45) is 2.79. The highest BCUT2D eigenvalue weighted by atomic mass is 32.2. The molecule has 0 spiro atoms. The molecule has 5 rings (SSSR count). The van der Waals surface area contributed by atoms with Crippen molar-refractivity contribution in [1.82, 2.24) is 14.5 Å². The minimum Gasteiger partial charge on any atom is -0.492 e. The second-order valence-electron chi connectivity index (χ2n) is 9.96. The summed E-state index contributed by atoms with van der Waals surface area (Å²) in [7, 11) is -4.48. The van der Waals surface area contributed by atoms with Crippen LogP contribution < -0.4 is 5.56 Å². The van der Waals surface area contributed by atoms with E-state index in [9.17, 15) is 28.0 Å². The summed E-state index contributed by atoms with van der Waals surface area (Å²) in [6, 6.07) is 16.9. The van der Waals surface area contributed by atoms with Crippen molar-refractivity contribution < 1.29 is 17.9 Å². The number of aryl methyl sites for hydroxylation is 1. The molecule has 8 nitrogen and oxygen atoms in total. The smallest absolute Gasteiger partial charge is 0.277 e. The monoisotopic (exact) mass is 558 g/mol. The van der Waals surface area contributed by atoms with Crippen LogP contribution in [0.5, 0.6) is 5.88 Å². The first-order chi connectivity index (χ1) is 19.1. The predicted octanol–water partition coefficient (Wildman–Crippen LogP) is 5.11. The van der Waals surface area contributed by atoms with Crippen molar-refractivity contribution in [1.29, 1.82) is 5.26 Å². The van der Waals surface area contributed by atoms with E-state index in [-0.39, 0.29) is 4.90 Å². The number of benzene rings is 2. The van der Waals surface area contributed by atoms with Crippen molar-refractivity contribution in [2.24, 2.45) is 5.92 Å². The van der Waals surface area contributed by atoms with E-state index >= 15 is 0 Å². The third-order valence-corrected chi connectivity index (χ3v) is 8.98. The zero-order valence-corrected chi connectivity index (χ0v) is 22.8. The van der Waals surface area contributed by atoms with Crippen molar-refractivity contribution >= 4 is 9.84 Å². The molecule has 1 N–H and O–H groups in total. The van der Waals surface area contributed by atoms with Gasteiger partial charge in [-0.3, -0.25) is 9.36 Å². The van der Waals surface area contributed by atoms with Gasteiger partial charge in [0.05, 0.1) is 22.6 Å². The average molecular weight is 559 g/mol. The van der Waals surface area contributed by atoms with Crippen LogP contribution in [0.1, 0.15) is 54.9 Å². The van der Waals surface area contributed by atoms with E-state index in [0.717, 1.165) is 12.8 Å². The van der Waals surface area contributed by atoms with Crippen LogP contribution in [-0.2, 0) is 16.3 Å². The molecule has 1 fully saturated rings. The van der Waals surface area contributed by atoms with Gasteiger partial charge in [-0.1, -0.05) is 31.2 Å². The van der Waals surface area contributed by atoms with E-state index in [4.69, 9.17) is 0 Å². The molecule has 10 heteroatoms. The molecule has 40 heavy (non-hydrogen) atoms. The van der Waals surface area contributed by atoms with E-state index in [1.807, 2.05) is 6.92 Å². The quantitative estimate of drug-likeness (QED) is 0.298. The summed E-state index contributed by atoms with van der Waals surface area (Å²) in [4.78, 5) is 21.1. The summed E-state index contributed by atoms with van der Waals surface area (Å²) in [5, 5.41) is 20.2. The van der Waals surface area contributed by atoms with Crippen molar-refractivity contribution in [2.75, 3.05) is 0 Å². The number of halogens is 1. The molecule has 2 aromatic heterocycles. The first-order valence-electron chi connectivity index (χ1n) is 13.0. The number of aromatic hydroxyl groups is 1. The van der Waals surface area contributed by atoms with E-state index in [1.165, 1.54) is 22.8 Å². The maximum atomic E-state index is 14.0. The van der Waals surface area contributed by atoms with Gasteiger partial charge >= 0.3 is 0 Å². The molecule has 0 bridgehead atoms. The molecule has 0 saturated heterocycles. The van der Waals surface area contributed by atoms with Gasteiger partial charge in [0.1, 0.15) is 5.82 Å². The number of sulfone groups is 1. The van der Waals surface area contributed by atoms with Crippen molar-refractivity contribution in [3.63, 3.8) is 0 Å². The first-order valence-corrected chi connectivity index (χ1v) is 14.5. The Balaban J connectivity index is 1.63. The lowest BCUT2D eigenvalue weighted by Crippen LogP contribution is -2.33. The van der Waals surface area contributed by atoms with Gasteiger partial charge in [-0.2, -0.15) is 14.6 Å². The van der Waals surface area contributed by atoms with Crippen LogP contribution in [0, 0.1) is 30.1 Å². The SMILES string of the molecule is CC[C@@H](c1cccc(C#N)c1)n1c(CC2CC2)nc(O)c(S(=O)(=O)c2ccc(-c3ccc(F)nc3C)cc2)c1=O. The Hall–Kier alpha value is -4.36. The van der Waals surface area contributed by atoms with Gasteiger partial charge in [0, 0.05) is 17.7 Å². The molecule has 0 radical (unpaired) electrons. The molecule has 1 aliphatic carbocycles. The minimum atomic E-state index is -4.48. The maximum absolute atomic E-state index is 14.0. The van der Waals surface area contributed by atoms with Crippen molar-refractivity contribution in [3.05, 3.63) is 99.6 Å². The Kier molecular flexibility index (Phi) is 7.25. The van der Waals surface area contributed by atoms with Crippen LogP contribution in [0.2, 0.25) is 0 Å². The summed E-state index contributed by atoms with van der Waals surface area (Å²) in [5.74, 6) is -0.831. The highest BCUT2D eigenvalue weighted by Gasteiger charge is 2.33. The topological polar surface area (TPSA) is 126 Å². The molecular formula is C30H27FN4O4S. The van der Waals surface area contributed by atoms with E-state index in [0.29, 0.717) is 52.5 Å². The largest absolute Gasteiger partial charge is 0.492 e. The number of aromatic nitrogens is 3. The molecule has 1 aliphatic rings. The maximum Gasteiger partial charge on any atom is 0.277 e. The lowest BCUT2D eigenvalue weighted by atomic mass is 10.0. The molecule has 0 amide bonds. The van der Waals surface area contributed by atoms with Crippen LogP contribution in [-0.4, -0.2) is 28.1 Å². The highest BCUT2D eigenvalue weighted by Crippen LogP contribution is 2.35. The normalized spacial score (nSPS) is 14.1. The Morgan fingerprint density at radius 1 is 1.12 bits per heavy atom. The van der Waals surface area contributed by atoms with Gasteiger partial charge in [-0.25, -0.2) is 13.4 Å². The Morgan fingerprint density at radius 3 is 2.48 bits per heavy atom. The molecule has 1 saturated carbocycles. The third kappa shape index (κ3) is 5.12. The standard InChI is InChI=1S/C30H27FN4O4S/c1-3-25(22-6-4-5-20(15-22)17-32)35-27(16-19-7-8-19)34-29(36)28(30(35)37)40(38,39)23-11-9-21(10-12-23)24-13-14-26(31)33-18(24)2/h4-6,9-15,19,25,36H,3,7-8,16H2,1-2H3/t25-/m0/s1. The number of hydrogen-bond acceptors (Lipinski definition) is 7. The molecular weight excluding hydrogens is 531 g/mol. The first kappa shape index (κ1) is 27.2. The number of pyridine rings is 1. The lowest BCUT2D eigenvalue weighted by Gasteiger charge is -2.23. The summed E-state index contributed by atoms with van der Waals surface area (Å²) < 4.78 is 42.3. The van der Waals surface area contributed by atoms with Crippen molar-refractivity contribution in [3.8, 4) is 23.1 Å². The Labute approximate surface area is 231 Å². The Morgan fingerprint density at radius 2 is 1.85 bits per heavy atom. The van der Waals surface area contributed by atoms with E-state index < -0.39 is 38.2 Å². The predicted molar refractivity (Wildman–Crippen MR) is 146 cm³/mol. The zero-order valence-electron chi connectivity index (χ0n) is 22.0. The molecule has 2 aromatic carbocycles. The Bertz CT molecular complexity index is 1810. The fraction of sp³-hybridized carbons (Fsp3) is 0.267. The molecule has 2 heterocycles. The molecule has 0 aliphatic heterocycles. The number of nitrogens with zero attached hydrogens (tertiary/aromatic N) is 4. The van der Waals surface area contributed by atoms with Crippen LogP contribution in [0.3, 0.4) is 0 Å². The molecule has 1 atom stereocenters. The lowest BCUT2D eigenvalue weighted by molar-refractivity contribution is 0.406. The second kappa shape index (κ2) is 10.7. The summed E-state index contributed by atoms with van der Waals surface area (Å²) in [5.41, 5.74) is 1.92. The van der Waals surface area contributed by atoms with E-state index in [2.05, 4.69) is 16.0 Å². The van der Waals surface area contributed by atoms with Crippen LogP contribution in [0.25, 0.3) is 11.1 Å². The number of hydrogen-bond donors (Lipinski definition) is 1. The fourth-order valence-corrected chi connectivity index (χ4v) is 6.32. The number of nitriles is 1. The highest BCUT2D eigenvalue weighted by molar-refractivity contribution is 7.91. The van der Waals surface area contributed by atoms with Gasteiger partial charge in [-0.05, 0) is 79.6 Å². The van der Waals surface area contributed by atoms with Gasteiger partial charge in [0.15, 0.2) is 4.90 Å². The van der Waals surface area contributed by atoms with Crippen LogP contribution in [0.4, 0.5) is 4.39 Å². The van der Waals surface area contributed by atoms with Gasteiger partial charge in [-0.15, -0.1) is 0 Å². The third-order valence-electron chi connectivity index (χ3n) is 7.19. The average Bonchev–Trinajstić information content (AvgIpc) is 3.75. The van der Waals surface area contributed by atoms with Gasteiger partial charge < -0.3 is 5.11 Å². The fourth-order valence-electron chi connectivity index (χ4n) is 4.98. The van der Waals surface area contributed by atoms with Crippen LogP contribution in [0.15, 0.2) is 75.2 Å².